The SMILES string of the molecule is C=CN(c1nc(N)[nH]c(=O)c1NC)C(C)C(O)C(OC)C1(COP(=O)(O)OP(=O)(O)OP(=O)(O)OCC2OC(n3cnc4c(=O)[nH]c(N)nc43)C(O)=C2O)CC1. The Kier molecular flexibility index (Phi) is 12.2. The van der Waals surface area contributed by atoms with Crippen molar-refractivity contribution < 1.29 is 70.8 Å². The number of nitrogen functional groups attached to an aromatic ring is 2. The Morgan fingerprint density at radius 3 is 2.27 bits per heavy atom. The predicted octanol–water partition coefficient (Wildman–Crippen LogP) is 0.196. The van der Waals surface area contributed by atoms with Crippen LogP contribution in [0, 0.1) is 5.41 Å². The zero-order valence-corrected chi connectivity index (χ0v) is 32.2. The van der Waals surface area contributed by atoms with Crippen molar-refractivity contribution in [3.8, 4) is 0 Å². The third-order valence-corrected chi connectivity index (χ3v) is 13.0. The second-order valence-electron chi connectivity index (χ2n) is 12.4. The second-order valence-corrected chi connectivity index (χ2v) is 17.0. The summed E-state index contributed by atoms with van der Waals surface area (Å²) in [6.45, 7) is 3.43. The number of nitrogens with one attached hydrogen (secondary N) is 3. The number of fused-ring (bicyclic) bond motifs is 1. The smallest absolute Gasteiger partial charge is 0.490 e. The second kappa shape index (κ2) is 16.0. The zero-order valence-electron chi connectivity index (χ0n) is 29.5. The molecule has 310 valence electrons. The predicted molar refractivity (Wildman–Crippen MR) is 192 cm³/mol. The fourth-order valence-corrected chi connectivity index (χ4v) is 9.47. The third-order valence-electron chi connectivity index (χ3n) is 8.72. The molecule has 27 nitrogen and oxygen atoms in total. The van der Waals surface area contributed by atoms with Gasteiger partial charge in [-0.2, -0.15) is 18.6 Å². The van der Waals surface area contributed by atoms with E-state index in [4.69, 9.17) is 25.5 Å². The van der Waals surface area contributed by atoms with Crippen LogP contribution in [0.3, 0.4) is 0 Å². The highest BCUT2D eigenvalue weighted by atomic mass is 31.3. The molecule has 3 aromatic heterocycles. The van der Waals surface area contributed by atoms with E-state index >= 15 is 0 Å². The van der Waals surface area contributed by atoms with E-state index in [0.29, 0.717) is 0 Å². The summed E-state index contributed by atoms with van der Waals surface area (Å²) in [6.07, 6.45) is -3.06. The highest BCUT2D eigenvalue weighted by Crippen LogP contribution is 2.68. The summed E-state index contributed by atoms with van der Waals surface area (Å²) in [5.41, 5.74) is 8.39. The number of aliphatic hydroxyl groups is 3. The first-order valence-electron chi connectivity index (χ1n) is 16.0. The minimum absolute atomic E-state index is 0.00137. The quantitative estimate of drug-likeness (QED) is 0.0717. The van der Waals surface area contributed by atoms with E-state index in [1.165, 1.54) is 25.3 Å². The Morgan fingerprint density at radius 1 is 1.07 bits per heavy atom. The number of phosphoric acid groups is 3. The molecule has 56 heavy (non-hydrogen) atoms. The van der Waals surface area contributed by atoms with Crippen molar-refractivity contribution in [2.24, 2.45) is 5.41 Å². The van der Waals surface area contributed by atoms with Gasteiger partial charge in [-0.05, 0) is 26.0 Å². The molecule has 5 rings (SSSR count). The van der Waals surface area contributed by atoms with Crippen molar-refractivity contribution in [2.75, 3.05) is 49.1 Å². The number of ether oxygens (including phenoxy) is 2. The monoisotopic (exact) mass is 856 g/mol. The van der Waals surface area contributed by atoms with E-state index in [2.05, 4.69) is 50.0 Å². The Hall–Kier alpha value is -4.20. The first kappa shape index (κ1) is 42.9. The van der Waals surface area contributed by atoms with Crippen molar-refractivity contribution in [1.29, 1.82) is 0 Å². The van der Waals surface area contributed by atoms with Crippen LogP contribution in [-0.2, 0) is 40.8 Å². The number of rotatable bonds is 19. The summed E-state index contributed by atoms with van der Waals surface area (Å²) in [5.74, 6) is -2.31. The fraction of sp³-hybridized carbons (Fsp3) is 0.500. The summed E-state index contributed by atoms with van der Waals surface area (Å²) < 4.78 is 67.8. The van der Waals surface area contributed by atoms with E-state index in [1.54, 1.807) is 6.92 Å². The van der Waals surface area contributed by atoms with Crippen LogP contribution >= 0.6 is 23.5 Å². The minimum atomic E-state index is -5.96. The fourth-order valence-electron chi connectivity index (χ4n) is 5.88. The average Bonchev–Trinajstić information content (AvgIpc) is 3.67. The number of H-pyrrole nitrogens is 2. The summed E-state index contributed by atoms with van der Waals surface area (Å²) >= 11 is 0. The number of phosphoric ester groups is 2. The van der Waals surface area contributed by atoms with Crippen LogP contribution < -0.4 is 32.8 Å². The molecule has 0 radical (unpaired) electrons. The minimum Gasteiger partial charge on any atom is -0.506 e. The molecule has 0 amide bonds. The lowest BCUT2D eigenvalue weighted by atomic mass is 9.91. The standard InChI is InChI=1S/C26H39N10O17P3/c1-5-35(19-13(29-3)21(40)33-24(27)31-19)11(2)15(37)18(48-4)26(6-7-26)9-50-55(44,45)53-56(46,47)52-54(42,43)49-8-12-16(38)17(39)23(51-12)36-10-30-14-20(36)32-25(28)34-22(14)41/h5,10-12,15,18,23,29,37-39H,1,6-9H2,2-4H3,(H,42,43)(H,44,45)(H,46,47)(H3,27,31,33,40)(H3,28,32,34,41). The van der Waals surface area contributed by atoms with Crippen molar-refractivity contribution in [3.05, 3.63) is 51.3 Å². The van der Waals surface area contributed by atoms with Crippen molar-refractivity contribution >= 4 is 58.0 Å². The maximum absolute atomic E-state index is 12.8. The molecule has 0 spiro atoms. The van der Waals surface area contributed by atoms with Crippen LogP contribution in [0.4, 0.5) is 23.4 Å². The Bertz CT molecular complexity index is 2280. The molecule has 30 heteroatoms. The van der Waals surface area contributed by atoms with E-state index < -0.39 is 95.3 Å². The normalized spacial score (nSPS) is 22.8. The number of nitrogens with zero attached hydrogens (tertiary/aromatic N) is 5. The van der Waals surface area contributed by atoms with Crippen molar-refractivity contribution in [1.82, 2.24) is 29.5 Å². The Labute approximate surface area is 314 Å². The van der Waals surface area contributed by atoms with Crippen LogP contribution in [-0.4, -0.2) is 111 Å². The number of imidazole rings is 1. The molecule has 1 fully saturated rings. The van der Waals surface area contributed by atoms with Crippen LogP contribution in [0.2, 0.25) is 0 Å². The van der Waals surface area contributed by atoms with Gasteiger partial charge in [-0.25, -0.2) is 18.7 Å². The maximum atomic E-state index is 12.8. The van der Waals surface area contributed by atoms with Gasteiger partial charge in [0.2, 0.25) is 11.9 Å². The van der Waals surface area contributed by atoms with Gasteiger partial charge in [-0.1, -0.05) is 6.58 Å². The molecule has 2 aliphatic rings. The number of hydrogen-bond acceptors (Lipinski definition) is 21. The van der Waals surface area contributed by atoms with Crippen LogP contribution in [0.5, 0.6) is 0 Å². The molecule has 1 aliphatic heterocycles. The molecule has 3 aromatic rings. The molecule has 1 aliphatic carbocycles. The Morgan fingerprint density at radius 2 is 1.68 bits per heavy atom. The lowest BCUT2D eigenvalue weighted by Crippen LogP contribution is -2.50. The first-order chi connectivity index (χ1) is 26.1. The largest absolute Gasteiger partial charge is 0.506 e. The Balaban J connectivity index is 1.19. The number of nitrogens with two attached hydrogens (primary N) is 2. The first-order valence-corrected chi connectivity index (χ1v) is 20.5. The number of aliphatic hydroxyl groups excluding tert-OH is 3. The van der Waals surface area contributed by atoms with Crippen molar-refractivity contribution in [3.63, 3.8) is 0 Å². The van der Waals surface area contributed by atoms with Gasteiger partial charge in [0.25, 0.3) is 11.1 Å². The zero-order chi connectivity index (χ0) is 41.5. The molecular weight excluding hydrogens is 817 g/mol. The number of methoxy groups -OCH3 is 1. The van der Waals surface area contributed by atoms with E-state index in [0.717, 1.165) is 10.9 Å². The third kappa shape index (κ3) is 9.00. The van der Waals surface area contributed by atoms with Crippen LogP contribution in [0.15, 0.2) is 40.2 Å². The highest BCUT2D eigenvalue weighted by Gasteiger charge is 2.56. The molecule has 4 heterocycles. The lowest BCUT2D eigenvalue weighted by molar-refractivity contribution is -0.0744. The molecule has 1 saturated carbocycles. The molecule has 8 unspecified atom stereocenters. The number of aromatic nitrogens is 6. The van der Waals surface area contributed by atoms with Crippen molar-refractivity contribution in [2.45, 2.75) is 50.3 Å². The van der Waals surface area contributed by atoms with Gasteiger partial charge in [0.15, 0.2) is 34.7 Å². The number of aromatic amines is 2. The van der Waals surface area contributed by atoms with E-state index in [1.807, 2.05) is 0 Å². The van der Waals surface area contributed by atoms with Crippen LogP contribution in [0.1, 0.15) is 26.0 Å². The highest BCUT2D eigenvalue weighted by molar-refractivity contribution is 7.66. The van der Waals surface area contributed by atoms with Gasteiger partial charge in [0.05, 0.1) is 31.7 Å². The van der Waals surface area contributed by atoms with Gasteiger partial charge in [0, 0.05) is 19.6 Å². The number of hydrogen-bond donors (Lipinski definition) is 11. The maximum Gasteiger partial charge on any atom is 0.490 e. The average molecular weight is 857 g/mol. The molecule has 0 aromatic carbocycles. The summed E-state index contributed by atoms with van der Waals surface area (Å²) in [7, 11) is -14.5. The molecule has 0 saturated heterocycles. The summed E-state index contributed by atoms with van der Waals surface area (Å²) in [5, 5.41) is 34.9. The summed E-state index contributed by atoms with van der Waals surface area (Å²) in [4.78, 5) is 72.8. The van der Waals surface area contributed by atoms with E-state index in [-0.39, 0.29) is 47.4 Å². The van der Waals surface area contributed by atoms with E-state index in [9.17, 15) is 53.3 Å². The molecule has 13 N–H and O–H groups in total. The molecule has 0 bridgehead atoms. The lowest BCUT2D eigenvalue weighted by Gasteiger charge is -2.37. The van der Waals surface area contributed by atoms with Gasteiger partial charge in [0.1, 0.15) is 17.9 Å². The molecular formula is C26H39N10O17P3. The van der Waals surface area contributed by atoms with Gasteiger partial charge in [-0.3, -0.25) is 33.2 Å². The number of anilines is 4. The topological polar surface area (TPSA) is 405 Å². The van der Waals surface area contributed by atoms with Gasteiger partial charge in [-0.15, -0.1) is 0 Å². The van der Waals surface area contributed by atoms with Gasteiger partial charge < -0.3 is 61.2 Å². The van der Waals surface area contributed by atoms with Gasteiger partial charge >= 0.3 is 23.5 Å². The molecule has 8 atom stereocenters. The summed E-state index contributed by atoms with van der Waals surface area (Å²) in [6, 6.07) is -0.924. The van der Waals surface area contributed by atoms with Crippen LogP contribution in [0.25, 0.3) is 11.2 Å².